The predicted octanol–water partition coefficient (Wildman–Crippen LogP) is 5.30. The highest BCUT2D eigenvalue weighted by atomic mass is 32.2. The molecule has 1 aliphatic carbocycles. The Kier molecular flexibility index (Phi) is 7.93. The molecular formula is C31H37N3O4S. The average molecular weight is 548 g/mol. The fourth-order valence-electron chi connectivity index (χ4n) is 5.84. The molecule has 1 atom stereocenters. The van der Waals surface area contributed by atoms with Crippen molar-refractivity contribution in [2.75, 3.05) is 10.8 Å². The first kappa shape index (κ1) is 27.2. The van der Waals surface area contributed by atoms with E-state index in [-0.39, 0.29) is 30.8 Å². The monoisotopic (exact) mass is 547 g/mol. The third kappa shape index (κ3) is 5.53. The minimum atomic E-state index is -3.67. The van der Waals surface area contributed by atoms with Crippen LogP contribution in [0.2, 0.25) is 0 Å². The van der Waals surface area contributed by atoms with Crippen molar-refractivity contribution in [2.45, 2.75) is 82.3 Å². The van der Waals surface area contributed by atoms with Crippen LogP contribution in [0.1, 0.15) is 63.0 Å². The van der Waals surface area contributed by atoms with Crippen molar-refractivity contribution in [3.8, 4) is 0 Å². The third-order valence-corrected chi connectivity index (χ3v) is 10.0. The molecule has 2 aliphatic rings. The standard InChI is InChI=1S/C31H37N3O4S/c1-22-11-6-7-12-25(22)21-33(23(2)31(36)32-26-15-4-3-5-16-26)29(35)19-10-20-34-27-17-8-13-24-14-9-18-28(30(24)27)39(34,37)38/h6-9,11-14,17-18,23,26H,3-5,10,15-16,19-21H2,1-2H3,(H,32,36). The van der Waals surface area contributed by atoms with Gasteiger partial charge in [0.1, 0.15) is 6.04 Å². The third-order valence-electron chi connectivity index (χ3n) is 8.15. The van der Waals surface area contributed by atoms with E-state index in [1.807, 2.05) is 55.5 Å². The lowest BCUT2D eigenvalue weighted by Gasteiger charge is -2.32. The molecule has 1 fully saturated rings. The highest BCUT2D eigenvalue weighted by molar-refractivity contribution is 7.93. The maximum Gasteiger partial charge on any atom is 0.265 e. The van der Waals surface area contributed by atoms with Gasteiger partial charge in [0.15, 0.2) is 0 Å². The maximum absolute atomic E-state index is 13.6. The number of nitrogens with one attached hydrogen (secondary N) is 1. The number of rotatable bonds is 9. The normalized spacial score (nSPS) is 17.2. The van der Waals surface area contributed by atoms with E-state index in [1.54, 1.807) is 24.0 Å². The summed E-state index contributed by atoms with van der Waals surface area (Å²) in [6.45, 7) is 4.32. The molecule has 5 rings (SSSR count). The zero-order valence-corrected chi connectivity index (χ0v) is 23.5. The smallest absolute Gasteiger partial charge is 0.265 e. The van der Waals surface area contributed by atoms with Gasteiger partial charge < -0.3 is 10.2 Å². The van der Waals surface area contributed by atoms with Gasteiger partial charge in [0.2, 0.25) is 11.8 Å². The Morgan fingerprint density at radius 3 is 2.46 bits per heavy atom. The molecule has 1 saturated carbocycles. The fourth-order valence-corrected chi connectivity index (χ4v) is 7.59. The summed E-state index contributed by atoms with van der Waals surface area (Å²) in [5, 5.41) is 4.79. The minimum Gasteiger partial charge on any atom is -0.352 e. The molecule has 0 radical (unpaired) electrons. The first-order chi connectivity index (χ1) is 18.8. The van der Waals surface area contributed by atoms with E-state index in [0.29, 0.717) is 23.5 Å². The van der Waals surface area contributed by atoms with Gasteiger partial charge in [-0.15, -0.1) is 0 Å². The summed E-state index contributed by atoms with van der Waals surface area (Å²) in [7, 11) is -3.67. The van der Waals surface area contributed by atoms with Crippen molar-refractivity contribution in [3.05, 3.63) is 71.8 Å². The summed E-state index contributed by atoms with van der Waals surface area (Å²) in [4.78, 5) is 28.8. The molecule has 39 heavy (non-hydrogen) atoms. The first-order valence-corrected chi connectivity index (χ1v) is 15.4. The number of carbonyl (C=O) groups is 2. The molecule has 0 spiro atoms. The second kappa shape index (κ2) is 11.4. The SMILES string of the molecule is Cc1ccccc1CN(C(=O)CCCN1c2cccc3cccc(c23)S1(=O)=O)C(C)C(=O)NC1CCCCC1. The number of benzene rings is 3. The lowest BCUT2D eigenvalue weighted by atomic mass is 9.95. The lowest BCUT2D eigenvalue weighted by Crippen LogP contribution is -2.50. The minimum absolute atomic E-state index is 0.131. The van der Waals surface area contributed by atoms with E-state index in [0.717, 1.165) is 47.6 Å². The van der Waals surface area contributed by atoms with Crippen LogP contribution >= 0.6 is 0 Å². The lowest BCUT2D eigenvalue weighted by molar-refractivity contribution is -0.141. The van der Waals surface area contributed by atoms with Crippen LogP contribution in [0.15, 0.2) is 65.6 Å². The molecule has 7 nitrogen and oxygen atoms in total. The molecular weight excluding hydrogens is 510 g/mol. The number of nitrogens with zero attached hydrogens (tertiary/aromatic N) is 2. The van der Waals surface area contributed by atoms with Gasteiger partial charge in [0.05, 0.1) is 10.6 Å². The van der Waals surface area contributed by atoms with Gasteiger partial charge in [0, 0.05) is 30.9 Å². The van der Waals surface area contributed by atoms with Crippen LogP contribution in [0, 0.1) is 6.92 Å². The van der Waals surface area contributed by atoms with Gasteiger partial charge in [-0.2, -0.15) is 0 Å². The number of aryl methyl sites for hydroxylation is 1. The fraction of sp³-hybridized carbons (Fsp3) is 0.419. The Morgan fingerprint density at radius 2 is 1.72 bits per heavy atom. The molecule has 3 aromatic rings. The molecule has 3 aromatic carbocycles. The highest BCUT2D eigenvalue weighted by Gasteiger charge is 2.35. The van der Waals surface area contributed by atoms with E-state index < -0.39 is 16.1 Å². The molecule has 1 N–H and O–H groups in total. The molecule has 0 aromatic heterocycles. The summed E-state index contributed by atoms with van der Waals surface area (Å²) in [5.41, 5.74) is 2.71. The van der Waals surface area contributed by atoms with Crippen molar-refractivity contribution < 1.29 is 18.0 Å². The quantitative estimate of drug-likeness (QED) is 0.394. The summed E-state index contributed by atoms with van der Waals surface area (Å²) >= 11 is 0. The number of sulfonamides is 1. The van der Waals surface area contributed by atoms with E-state index in [4.69, 9.17) is 0 Å². The van der Waals surface area contributed by atoms with Crippen molar-refractivity contribution in [2.24, 2.45) is 0 Å². The van der Waals surface area contributed by atoms with Gasteiger partial charge in [-0.05, 0) is 61.8 Å². The Bertz CT molecular complexity index is 1470. The average Bonchev–Trinajstić information content (AvgIpc) is 3.16. The van der Waals surface area contributed by atoms with Gasteiger partial charge >= 0.3 is 0 Å². The van der Waals surface area contributed by atoms with Crippen LogP contribution < -0.4 is 9.62 Å². The largest absolute Gasteiger partial charge is 0.352 e. The molecule has 206 valence electrons. The molecule has 0 bridgehead atoms. The van der Waals surface area contributed by atoms with Gasteiger partial charge in [-0.1, -0.05) is 67.8 Å². The predicted molar refractivity (Wildman–Crippen MR) is 154 cm³/mol. The van der Waals surface area contributed by atoms with Crippen LogP contribution in [-0.2, 0) is 26.2 Å². The summed E-state index contributed by atoms with van der Waals surface area (Å²) in [5.74, 6) is -0.287. The second-order valence-electron chi connectivity index (χ2n) is 10.8. The Morgan fingerprint density at radius 1 is 1.00 bits per heavy atom. The van der Waals surface area contributed by atoms with Crippen LogP contribution in [-0.4, -0.2) is 43.8 Å². The Hall–Kier alpha value is -3.39. The number of hydrogen-bond donors (Lipinski definition) is 1. The van der Waals surface area contributed by atoms with Gasteiger partial charge in [0.25, 0.3) is 10.0 Å². The number of hydrogen-bond acceptors (Lipinski definition) is 4. The molecule has 1 unspecified atom stereocenters. The zero-order valence-electron chi connectivity index (χ0n) is 22.7. The van der Waals surface area contributed by atoms with E-state index in [1.165, 1.54) is 10.7 Å². The topological polar surface area (TPSA) is 86.8 Å². The first-order valence-electron chi connectivity index (χ1n) is 14.0. The van der Waals surface area contributed by atoms with Crippen molar-refractivity contribution in [1.82, 2.24) is 10.2 Å². The number of anilines is 1. The van der Waals surface area contributed by atoms with E-state index in [2.05, 4.69) is 5.32 Å². The van der Waals surface area contributed by atoms with Crippen LogP contribution in [0.3, 0.4) is 0 Å². The van der Waals surface area contributed by atoms with Gasteiger partial charge in [-0.25, -0.2) is 8.42 Å². The molecule has 1 heterocycles. The van der Waals surface area contributed by atoms with Crippen molar-refractivity contribution in [3.63, 3.8) is 0 Å². The highest BCUT2D eigenvalue weighted by Crippen LogP contribution is 2.42. The van der Waals surface area contributed by atoms with Crippen LogP contribution in [0.4, 0.5) is 5.69 Å². The molecule has 8 heteroatoms. The van der Waals surface area contributed by atoms with Crippen molar-refractivity contribution >= 4 is 38.3 Å². The zero-order chi connectivity index (χ0) is 27.6. The number of amides is 2. The molecule has 0 saturated heterocycles. The van der Waals surface area contributed by atoms with E-state index >= 15 is 0 Å². The van der Waals surface area contributed by atoms with E-state index in [9.17, 15) is 18.0 Å². The molecule has 1 aliphatic heterocycles. The second-order valence-corrected chi connectivity index (χ2v) is 12.6. The van der Waals surface area contributed by atoms with Gasteiger partial charge in [-0.3, -0.25) is 13.9 Å². The maximum atomic E-state index is 13.6. The summed E-state index contributed by atoms with van der Waals surface area (Å²) in [6, 6.07) is 18.3. The summed E-state index contributed by atoms with van der Waals surface area (Å²) in [6.07, 6.45) is 5.87. The van der Waals surface area contributed by atoms with Crippen molar-refractivity contribution in [1.29, 1.82) is 0 Å². The molecule has 2 amide bonds. The Labute approximate surface area is 231 Å². The number of carbonyl (C=O) groups excluding carboxylic acids is 2. The van der Waals surface area contributed by atoms with Crippen LogP contribution in [0.5, 0.6) is 0 Å². The summed E-state index contributed by atoms with van der Waals surface area (Å²) < 4.78 is 28.1. The Balaban J connectivity index is 1.30. The van der Waals surface area contributed by atoms with Crippen LogP contribution in [0.25, 0.3) is 10.8 Å².